The van der Waals surface area contributed by atoms with Crippen molar-refractivity contribution in [3.05, 3.63) is 35.9 Å². The second-order valence-electron chi connectivity index (χ2n) is 6.45. The van der Waals surface area contributed by atoms with E-state index in [1.807, 2.05) is 51.1 Å². The lowest BCUT2D eigenvalue weighted by Crippen LogP contribution is -2.45. The van der Waals surface area contributed by atoms with Gasteiger partial charge in [0.25, 0.3) is 0 Å². The number of nitrogens with one attached hydrogen (secondary N) is 2. The molecule has 1 aromatic rings. The van der Waals surface area contributed by atoms with E-state index in [-0.39, 0.29) is 11.3 Å². The summed E-state index contributed by atoms with van der Waals surface area (Å²) in [6.45, 7) is 6.70. The zero-order valence-electron chi connectivity index (χ0n) is 13.3. The first kappa shape index (κ1) is 17.0. The van der Waals surface area contributed by atoms with E-state index in [1.54, 1.807) is 0 Å². The number of rotatable bonds is 2. The van der Waals surface area contributed by atoms with E-state index in [0.29, 0.717) is 18.8 Å². The predicted molar refractivity (Wildman–Crippen MR) is 88.2 cm³/mol. The minimum atomic E-state index is -1.05. The summed E-state index contributed by atoms with van der Waals surface area (Å²) in [5.74, 6) is 0.422. The molecule has 1 saturated heterocycles. The van der Waals surface area contributed by atoms with Crippen LogP contribution in [0.5, 0.6) is 0 Å². The SMILES string of the molecule is CC(C)(C)OC(=O)NC1CNCC(c2ccccc2)S(=O)C1. The maximum atomic E-state index is 12.6. The zero-order valence-corrected chi connectivity index (χ0v) is 14.1. The molecule has 2 rings (SSSR count). The van der Waals surface area contributed by atoms with Crippen LogP contribution in [0, 0.1) is 0 Å². The smallest absolute Gasteiger partial charge is 0.407 e. The van der Waals surface area contributed by atoms with Gasteiger partial charge in [0.2, 0.25) is 0 Å². The Bertz CT molecular complexity index is 528. The molecule has 0 bridgehead atoms. The first-order chi connectivity index (χ1) is 10.3. The van der Waals surface area contributed by atoms with E-state index < -0.39 is 22.5 Å². The van der Waals surface area contributed by atoms with Crippen molar-refractivity contribution in [1.82, 2.24) is 10.6 Å². The molecule has 3 atom stereocenters. The normalized spacial score (nSPS) is 26.0. The van der Waals surface area contributed by atoms with Crippen LogP contribution in [0.1, 0.15) is 31.6 Å². The first-order valence-corrected chi connectivity index (χ1v) is 8.86. The van der Waals surface area contributed by atoms with Gasteiger partial charge in [0.05, 0.1) is 11.3 Å². The minimum Gasteiger partial charge on any atom is -0.444 e. The highest BCUT2D eigenvalue weighted by molar-refractivity contribution is 7.85. The Labute approximate surface area is 134 Å². The fourth-order valence-electron chi connectivity index (χ4n) is 2.36. The zero-order chi connectivity index (χ0) is 16.2. The topological polar surface area (TPSA) is 67.4 Å². The third kappa shape index (κ3) is 5.10. The fourth-order valence-corrected chi connectivity index (χ4v) is 3.95. The van der Waals surface area contributed by atoms with Crippen LogP contribution in [0.15, 0.2) is 30.3 Å². The van der Waals surface area contributed by atoms with Crippen LogP contribution in [0.2, 0.25) is 0 Å². The van der Waals surface area contributed by atoms with E-state index in [9.17, 15) is 9.00 Å². The number of benzene rings is 1. The highest BCUT2D eigenvalue weighted by atomic mass is 32.2. The quantitative estimate of drug-likeness (QED) is 0.873. The maximum absolute atomic E-state index is 12.6. The number of carbonyl (C=O) groups is 1. The van der Waals surface area contributed by atoms with Gasteiger partial charge in [0.1, 0.15) is 5.60 Å². The standard InChI is InChI=1S/C16H24N2O3S/c1-16(2,3)21-15(19)18-13-9-17-10-14(22(20)11-13)12-7-5-4-6-8-12/h4-8,13-14,17H,9-11H2,1-3H3,(H,18,19). The number of alkyl carbamates (subject to hydrolysis) is 1. The Balaban J connectivity index is 1.96. The van der Waals surface area contributed by atoms with Gasteiger partial charge >= 0.3 is 6.09 Å². The van der Waals surface area contributed by atoms with Crippen molar-refractivity contribution >= 4 is 16.9 Å². The van der Waals surface area contributed by atoms with Crippen molar-refractivity contribution in [3.63, 3.8) is 0 Å². The van der Waals surface area contributed by atoms with Gasteiger partial charge in [-0.25, -0.2) is 4.79 Å². The molecular weight excluding hydrogens is 300 g/mol. The van der Waals surface area contributed by atoms with Crippen molar-refractivity contribution in [2.45, 2.75) is 37.7 Å². The molecule has 5 nitrogen and oxygen atoms in total. The Hall–Kier alpha value is -1.40. The van der Waals surface area contributed by atoms with Gasteiger partial charge in [-0.2, -0.15) is 0 Å². The van der Waals surface area contributed by atoms with Crippen molar-refractivity contribution < 1.29 is 13.7 Å². The van der Waals surface area contributed by atoms with E-state index in [2.05, 4.69) is 10.6 Å². The number of hydrogen-bond acceptors (Lipinski definition) is 4. The summed E-state index contributed by atoms with van der Waals surface area (Å²) in [6.07, 6.45) is -0.463. The van der Waals surface area contributed by atoms with Gasteiger partial charge in [-0.05, 0) is 26.3 Å². The number of hydrogen-bond donors (Lipinski definition) is 2. The Morgan fingerprint density at radius 3 is 2.59 bits per heavy atom. The molecule has 1 aliphatic rings. The van der Waals surface area contributed by atoms with E-state index >= 15 is 0 Å². The fraction of sp³-hybridized carbons (Fsp3) is 0.562. The first-order valence-electron chi connectivity index (χ1n) is 7.47. The molecule has 1 aliphatic heterocycles. The average Bonchev–Trinajstić information content (AvgIpc) is 2.59. The van der Waals surface area contributed by atoms with E-state index in [4.69, 9.17) is 4.74 Å². The predicted octanol–water partition coefficient (Wildman–Crippen LogP) is 1.97. The number of carbonyl (C=O) groups excluding carboxylic acids is 1. The third-order valence-corrected chi connectivity index (χ3v) is 5.10. The lowest BCUT2D eigenvalue weighted by molar-refractivity contribution is 0.0509. The minimum absolute atomic E-state index is 0.0494. The number of ether oxygens (including phenoxy) is 1. The van der Waals surface area contributed by atoms with Gasteiger partial charge in [0.15, 0.2) is 0 Å². The van der Waals surface area contributed by atoms with E-state index in [0.717, 1.165) is 5.56 Å². The third-order valence-electron chi connectivity index (χ3n) is 3.30. The van der Waals surface area contributed by atoms with Crippen molar-refractivity contribution in [3.8, 4) is 0 Å². The molecule has 22 heavy (non-hydrogen) atoms. The monoisotopic (exact) mass is 324 g/mol. The molecule has 6 heteroatoms. The molecule has 1 amide bonds. The summed E-state index contributed by atoms with van der Waals surface area (Å²) in [7, 11) is -1.05. The maximum Gasteiger partial charge on any atom is 0.407 e. The summed E-state index contributed by atoms with van der Waals surface area (Å²) in [6, 6.07) is 9.65. The van der Waals surface area contributed by atoms with Crippen LogP contribution < -0.4 is 10.6 Å². The van der Waals surface area contributed by atoms with Crippen LogP contribution in [0.4, 0.5) is 4.79 Å². The molecule has 1 heterocycles. The van der Waals surface area contributed by atoms with Crippen LogP contribution in [0.3, 0.4) is 0 Å². The van der Waals surface area contributed by atoms with Crippen LogP contribution >= 0.6 is 0 Å². The second-order valence-corrected chi connectivity index (χ2v) is 8.11. The Morgan fingerprint density at radius 2 is 1.95 bits per heavy atom. The van der Waals surface area contributed by atoms with Crippen molar-refractivity contribution in [1.29, 1.82) is 0 Å². The molecule has 0 aromatic heterocycles. The number of amides is 1. The molecule has 122 valence electrons. The Morgan fingerprint density at radius 1 is 1.27 bits per heavy atom. The molecular formula is C16H24N2O3S. The molecule has 1 fully saturated rings. The Kier molecular flexibility index (Phi) is 5.58. The summed E-state index contributed by atoms with van der Waals surface area (Å²) in [5.41, 5.74) is 0.528. The van der Waals surface area contributed by atoms with Gasteiger partial charge in [-0.1, -0.05) is 30.3 Å². The summed E-state index contributed by atoms with van der Waals surface area (Å²) >= 11 is 0. The summed E-state index contributed by atoms with van der Waals surface area (Å²) < 4.78 is 17.8. The molecule has 0 spiro atoms. The van der Waals surface area contributed by atoms with Crippen molar-refractivity contribution in [2.24, 2.45) is 0 Å². The van der Waals surface area contributed by atoms with Gasteiger partial charge < -0.3 is 15.4 Å². The molecule has 2 N–H and O–H groups in total. The van der Waals surface area contributed by atoms with Crippen LogP contribution in [-0.4, -0.2) is 40.8 Å². The highest BCUT2D eigenvalue weighted by Crippen LogP contribution is 2.21. The lowest BCUT2D eigenvalue weighted by Gasteiger charge is -2.22. The molecule has 0 radical (unpaired) electrons. The molecule has 0 aliphatic carbocycles. The van der Waals surface area contributed by atoms with Crippen molar-refractivity contribution in [2.75, 3.05) is 18.8 Å². The van der Waals surface area contributed by atoms with Crippen LogP contribution in [0.25, 0.3) is 0 Å². The molecule has 0 saturated carbocycles. The summed E-state index contributed by atoms with van der Waals surface area (Å²) in [4.78, 5) is 11.8. The van der Waals surface area contributed by atoms with Gasteiger partial charge in [-0.15, -0.1) is 0 Å². The van der Waals surface area contributed by atoms with Gasteiger partial charge in [0, 0.05) is 29.6 Å². The average molecular weight is 324 g/mol. The second kappa shape index (κ2) is 7.24. The molecule has 1 aromatic carbocycles. The van der Waals surface area contributed by atoms with Gasteiger partial charge in [-0.3, -0.25) is 4.21 Å². The van der Waals surface area contributed by atoms with Crippen LogP contribution in [-0.2, 0) is 15.5 Å². The largest absolute Gasteiger partial charge is 0.444 e. The van der Waals surface area contributed by atoms with E-state index in [1.165, 1.54) is 0 Å². The summed E-state index contributed by atoms with van der Waals surface area (Å²) in [5, 5.41) is 6.03. The highest BCUT2D eigenvalue weighted by Gasteiger charge is 2.28. The molecule has 3 unspecified atom stereocenters. The lowest BCUT2D eigenvalue weighted by atomic mass is 10.1.